The van der Waals surface area contributed by atoms with Gasteiger partial charge < -0.3 is 10.8 Å². The van der Waals surface area contributed by atoms with Gasteiger partial charge in [0.2, 0.25) is 0 Å². The number of hydrogen-bond donors (Lipinski definition) is 2. The SMILES string of the molecule is NCc1ccc(S(=O)(=O)CCCC(=O)O)cc1. The second-order valence-electron chi connectivity index (χ2n) is 3.66. The maximum Gasteiger partial charge on any atom is 0.303 e. The van der Waals surface area contributed by atoms with Crippen LogP contribution in [0.5, 0.6) is 0 Å². The van der Waals surface area contributed by atoms with Crippen LogP contribution < -0.4 is 5.73 Å². The van der Waals surface area contributed by atoms with Crippen molar-refractivity contribution in [2.75, 3.05) is 5.75 Å². The number of carboxylic acids is 1. The molecule has 0 spiro atoms. The predicted molar refractivity (Wildman–Crippen MR) is 63.3 cm³/mol. The highest BCUT2D eigenvalue weighted by Gasteiger charge is 2.14. The van der Waals surface area contributed by atoms with Crippen LogP contribution in [-0.2, 0) is 21.2 Å². The van der Waals surface area contributed by atoms with Gasteiger partial charge in [-0.3, -0.25) is 4.79 Å². The van der Waals surface area contributed by atoms with E-state index in [0.29, 0.717) is 6.54 Å². The van der Waals surface area contributed by atoms with E-state index < -0.39 is 15.8 Å². The maximum atomic E-state index is 11.8. The zero-order chi connectivity index (χ0) is 12.9. The zero-order valence-corrected chi connectivity index (χ0v) is 10.1. The van der Waals surface area contributed by atoms with Crippen molar-refractivity contribution in [1.29, 1.82) is 0 Å². The summed E-state index contributed by atoms with van der Waals surface area (Å²) in [7, 11) is -3.39. The standard InChI is InChI=1S/C11H15NO4S/c12-8-9-3-5-10(6-4-9)17(15,16)7-1-2-11(13)14/h3-6H,1-2,7-8,12H2,(H,13,14). The number of rotatable bonds is 6. The Morgan fingerprint density at radius 1 is 1.24 bits per heavy atom. The molecule has 0 heterocycles. The van der Waals surface area contributed by atoms with Crippen LogP contribution in [0.15, 0.2) is 29.2 Å². The fourth-order valence-corrected chi connectivity index (χ4v) is 2.67. The number of hydrogen-bond acceptors (Lipinski definition) is 4. The molecule has 0 atom stereocenters. The monoisotopic (exact) mass is 257 g/mol. The van der Waals surface area contributed by atoms with Crippen molar-refractivity contribution in [1.82, 2.24) is 0 Å². The quantitative estimate of drug-likeness (QED) is 0.785. The lowest BCUT2D eigenvalue weighted by molar-refractivity contribution is -0.137. The number of sulfone groups is 1. The molecule has 1 rings (SSSR count). The van der Waals surface area contributed by atoms with Crippen LogP contribution in [0.4, 0.5) is 0 Å². The molecular weight excluding hydrogens is 242 g/mol. The van der Waals surface area contributed by atoms with Gasteiger partial charge in [0, 0.05) is 13.0 Å². The number of aliphatic carboxylic acids is 1. The van der Waals surface area contributed by atoms with Gasteiger partial charge in [0.05, 0.1) is 10.6 Å². The van der Waals surface area contributed by atoms with E-state index >= 15 is 0 Å². The van der Waals surface area contributed by atoms with Crippen molar-refractivity contribution < 1.29 is 18.3 Å². The van der Waals surface area contributed by atoms with E-state index in [9.17, 15) is 13.2 Å². The second-order valence-corrected chi connectivity index (χ2v) is 5.77. The summed E-state index contributed by atoms with van der Waals surface area (Å²) in [6, 6.07) is 6.31. The van der Waals surface area contributed by atoms with Gasteiger partial charge in [-0.1, -0.05) is 12.1 Å². The Kier molecular flexibility index (Phi) is 4.65. The van der Waals surface area contributed by atoms with Gasteiger partial charge in [-0.25, -0.2) is 8.42 Å². The molecule has 0 aliphatic rings. The predicted octanol–water partition coefficient (Wildman–Crippen LogP) is 0.784. The van der Waals surface area contributed by atoms with Gasteiger partial charge in [0.15, 0.2) is 9.84 Å². The lowest BCUT2D eigenvalue weighted by Gasteiger charge is -2.04. The molecule has 1 aromatic carbocycles. The smallest absolute Gasteiger partial charge is 0.303 e. The molecule has 0 unspecified atom stereocenters. The van der Waals surface area contributed by atoms with E-state index in [1.54, 1.807) is 12.1 Å². The van der Waals surface area contributed by atoms with E-state index in [2.05, 4.69) is 0 Å². The molecule has 0 fully saturated rings. The minimum absolute atomic E-state index is 0.121. The Labute approximate surface area is 100 Å². The highest BCUT2D eigenvalue weighted by Crippen LogP contribution is 2.13. The first-order valence-corrected chi connectivity index (χ1v) is 6.84. The van der Waals surface area contributed by atoms with E-state index in [1.807, 2.05) is 0 Å². The number of nitrogens with two attached hydrogens (primary N) is 1. The Bertz CT molecular complexity index is 479. The molecule has 5 nitrogen and oxygen atoms in total. The summed E-state index contributed by atoms with van der Waals surface area (Å²) in [6.07, 6.45) is -0.0174. The number of carboxylic acid groups (broad SMARTS) is 1. The summed E-state index contributed by atoms with van der Waals surface area (Å²) in [5.41, 5.74) is 6.26. The zero-order valence-electron chi connectivity index (χ0n) is 9.30. The third-order valence-electron chi connectivity index (χ3n) is 2.32. The average molecular weight is 257 g/mol. The summed E-state index contributed by atoms with van der Waals surface area (Å²) in [5.74, 6) is -1.14. The Morgan fingerprint density at radius 3 is 2.29 bits per heavy atom. The molecule has 0 aromatic heterocycles. The van der Waals surface area contributed by atoms with Gasteiger partial charge in [0.25, 0.3) is 0 Å². The fraction of sp³-hybridized carbons (Fsp3) is 0.364. The summed E-state index contributed by atoms with van der Waals surface area (Å²) < 4.78 is 23.6. The molecule has 17 heavy (non-hydrogen) atoms. The van der Waals surface area contributed by atoms with Crippen molar-refractivity contribution >= 4 is 15.8 Å². The molecule has 0 saturated heterocycles. The molecule has 1 aromatic rings. The van der Waals surface area contributed by atoms with Crippen LogP contribution in [0, 0.1) is 0 Å². The van der Waals surface area contributed by atoms with Gasteiger partial charge in [0.1, 0.15) is 0 Å². The Morgan fingerprint density at radius 2 is 1.82 bits per heavy atom. The second kappa shape index (κ2) is 5.79. The molecule has 0 radical (unpaired) electrons. The van der Waals surface area contributed by atoms with Gasteiger partial charge in [-0.05, 0) is 24.1 Å². The number of benzene rings is 1. The molecule has 94 valence electrons. The average Bonchev–Trinajstić information content (AvgIpc) is 2.28. The van der Waals surface area contributed by atoms with E-state index in [4.69, 9.17) is 10.8 Å². The first-order valence-electron chi connectivity index (χ1n) is 5.19. The van der Waals surface area contributed by atoms with Crippen LogP contribution >= 0.6 is 0 Å². The van der Waals surface area contributed by atoms with Crippen molar-refractivity contribution in [3.05, 3.63) is 29.8 Å². The molecule has 0 bridgehead atoms. The minimum Gasteiger partial charge on any atom is -0.481 e. The highest BCUT2D eigenvalue weighted by molar-refractivity contribution is 7.91. The summed E-state index contributed by atoms with van der Waals surface area (Å²) in [4.78, 5) is 10.5. The van der Waals surface area contributed by atoms with E-state index in [1.165, 1.54) is 12.1 Å². The molecule has 6 heteroatoms. The third-order valence-corrected chi connectivity index (χ3v) is 4.14. The first kappa shape index (κ1) is 13.7. The maximum absolute atomic E-state index is 11.8. The molecule has 0 saturated carbocycles. The summed E-state index contributed by atoms with van der Waals surface area (Å²) >= 11 is 0. The van der Waals surface area contributed by atoms with Crippen LogP contribution in [0.3, 0.4) is 0 Å². The highest BCUT2D eigenvalue weighted by atomic mass is 32.2. The van der Waals surface area contributed by atoms with Gasteiger partial charge in [-0.15, -0.1) is 0 Å². The van der Waals surface area contributed by atoms with Gasteiger partial charge in [-0.2, -0.15) is 0 Å². The summed E-state index contributed by atoms with van der Waals surface area (Å²) in [5, 5.41) is 8.44. The Hall–Kier alpha value is -1.40. The van der Waals surface area contributed by atoms with Crippen LogP contribution in [0.1, 0.15) is 18.4 Å². The van der Waals surface area contributed by atoms with E-state index in [0.717, 1.165) is 5.56 Å². The normalized spacial score (nSPS) is 11.4. The molecule has 0 amide bonds. The lowest BCUT2D eigenvalue weighted by atomic mass is 10.2. The fourth-order valence-electron chi connectivity index (χ4n) is 1.36. The largest absolute Gasteiger partial charge is 0.481 e. The summed E-state index contributed by atoms with van der Waals surface area (Å²) in [6.45, 7) is 0.360. The lowest BCUT2D eigenvalue weighted by Crippen LogP contribution is -2.09. The molecule has 3 N–H and O–H groups in total. The number of carbonyl (C=O) groups is 1. The first-order chi connectivity index (χ1) is 7.95. The van der Waals surface area contributed by atoms with Crippen molar-refractivity contribution in [2.24, 2.45) is 5.73 Å². The van der Waals surface area contributed by atoms with E-state index in [-0.39, 0.29) is 23.5 Å². The Balaban J connectivity index is 2.72. The third kappa shape index (κ3) is 4.16. The molecule has 0 aliphatic carbocycles. The van der Waals surface area contributed by atoms with Crippen molar-refractivity contribution in [3.63, 3.8) is 0 Å². The van der Waals surface area contributed by atoms with Crippen molar-refractivity contribution in [3.8, 4) is 0 Å². The topological polar surface area (TPSA) is 97.5 Å². The van der Waals surface area contributed by atoms with Crippen LogP contribution in [0.25, 0.3) is 0 Å². The van der Waals surface area contributed by atoms with Crippen molar-refractivity contribution in [2.45, 2.75) is 24.3 Å². The van der Waals surface area contributed by atoms with Gasteiger partial charge >= 0.3 is 5.97 Å². The molecule has 0 aliphatic heterocycles. The van der Waals surface area contributed by atoms with Crippen LogP contribution in [-0.4, -0.2) is 25.2 Å². The minimum atomic E-state index is -3.39. The van der Waals surface area contributed by atoms with Crippen LogP contribution in [0.2, 0.25) is 0 Å². The molecular formula is C11H15NO4S.